The van der Waals surface area contributed by atoms with Crippen LogP contribution in [0.3, 0.4) is 0 Å². The number of halogens is 1. The topological polar surface area (TPSA) is 20.3 Å². The zero-order valence-electron chi connectivity index (χ0n) is 10.3. The van der Waals surface area contributed by atoms with Crippen LogP contribution in [-0.4, -0.2) is 40.2 Å². The van der Waals surface area contributed by atoms with Gasteiger partial charge in [0, 0.05) is 46.4 Å². The van der Waals surface area contributed by atoms with Crippen molar-refractivity contribution in [3.63, 3.8) is 0 Å². The molecule has 0 spiro atoms. The molecule has 2 rings (SSSR count). The fraction of sp³-hybridized carbons (Fsp3) is 0.429. The molecule has 1 aromatic rings. The summed E-state index contributed by atoms with van der Waals surface area (Å²) < 4.78 is 12.3. The van der Waals surface area contributed by atoms with Crippen molar-refractivity contribution in [1.82, 2.24) is 4.90 Å². The Kier molecular flexibility index (Phi) is 5.60. The Labute approximate surface area is 120 Å². The van der Waals surface area contributed by atoms with Gasteiger partial charge >= 0.3 is 0 Å². The predicted molar refractivity (Wildman–Crippen MR) is 82.1 cm³/mol. The van der Waals surface area contributed by atoms with Gasteiger partial charge in [0.25, 0.3) is 0 Å². The van der Waals surface area contributed by atoms with Gasteiger partial charge in [-0.05, 0) is 24.1 Å². The van der Waals surface area contributed by atoms with E-state index in [2.05, 4.69) is 57.2 Å². The van der Waals surface area contributed by atoms with E-state index in [0.717, 1.165) is 42.0 Å². The summed E-state index contributed by atoms with van der Waals surface area (Å²) in [6.45, 7) is 3.04. The van der Waals surface area contributed by atoms with Crippen LogP contribution in [0.1, 0.15) is 12.0 Å². The monoisotopic (exact) mass is 327 g/mol. The standard InChI is InChI=1S/C14H18BrNOS/c15-14-6-4-13(5-7-14)3-1-2-8-16-9-11-18(17)12-10-16/h1,3-7H,2,8-12H2/b3-1+. The molecule has 0 aliphatic carbocycles. The molecule has 98 valence electrons. The second kappa shape index (κ2) is 7.22. The highest BCUT2D eigenvalue weighted by Gasteiger charge is 2.13. The number of rotatable bonds is 4. The number of hydrogen-bond acceptors (Lipinski definition) is 2. The Morgan fingerprint density at radius 3 is 2.56 bits per heavy atom. The van der Waals surface area contributed by atoms with Gasteiger partial charge in [-0.25, -0.2) is 0 Å². The van der Waals surface area contributed by atoms with Crippen LogP contribution in [-0.2, 0) is 10.8 Å². The average Bonchev–Trinajstić information content (AvgIpc) is 2.39. The lowest BCUT2D eigenvalue weighted by molar-refractivity contribution is 0.305. The third-order valence-electron chi connectivity index (χ3n) is 3.06. The molecule has 18 heavy (non-hydrogen) atoms. The lowest BCUT2D eigenvalue weighted by Crippen LogP contribution is -2.38. The largest absolute Gasteiger partial charge is 0.301 e. The molecule has 1 saturated heterocycles. The molecule has 1 aromatic carbocycles. The third-order valence-corrected chi connectivity index (χ3v) is 4.87. The van der Waals surface area contributed by atoms with Gasteiger partial charge in [-0.1, -0.05) is 40.2 Å². The molecule has 1 aliphatic heterocycles. The first-order valence-corrected chi connectivity index (χ1v) is 8.51. The number of benzene rings is 1. The van der Waals surface area contributed by atoms with Gasteiger partial charge in [0.2, 0.25) is 0 Å². The first-order valence-electron chi connectivity index (χ1n) is 6.23. The smallest absolute Gasteiger partial charge is 0.0363 e. The fourth-order valence-electron chi connectivity index (χ4n) is 1.95. The molecule has 0 bridgehead atoms. The van der Waals surface area contributed by atoms with Gasteiger partial charge in [0.1, 0.15) is 0 Å². The highest BCUT2D eigenvalue weighted by molar-refractivity contribution is 9.10. The van der Waals surface area contributed by atoms with Crippen LogP contribution in [0, 0.1) is 0 Å². The van der Waals surface area contributed by atoms with Crippen molar-refractivity contribution in [2.45, 2.75) is 6.42 Å². The minimum Gasteiger partial charge on any atom is -0.301 e. The van der Waals surface area contributed by atoms with Crippen LogP contribution in [0.2, 0.25) is 0 Å². The molecule has 2 nitrogen and oxygen atoms in total. The van der Waals surface area contributed by atoms with Crippen LogP contribution in [0.25, 0.3) is 6.08 Å². The molecule has 0 unspecified atom stereocenters. The molecule has 1 aliphatic rings. The van der Waals surface area contributed by atoms with E-state index in [1.54, 1.807) is 0 Å². The van der Waals surface area contributed by atoms with Crippen molar-refractivity contribution in [3.05, 3.63) is 40.4 Å². The molecule has 1 heterocycles. The van der Waals surface area contributed by atoms with E-state index in [1.807, 2.05) is 0 Å². The van der Waals surface area contributed by atoms with Gasteiger partial charge in [-0.2, -0.15) is 0 Å². The summed E-state index contributed by atoms with van der Waals surface area (Å²) in [5.74, 6) is 1.69. The Balaban J connectivity index is 1.71. The van der Waals surface area contributed by atoms with Crippen LogP contribution in [0.15, 0.2) is 34.8 Å². The summed E-state index contributed by atoms with van der Waals surface area (Å²) in [6, 6.07) is 8.31. The SMILES string of the molecule is O=S1CCN(CC/C=C/c2ccc(Br)cc2)CC1. The van der Waals surface area contributed by atoms with Gasteiger partial charge in [-0.15, -0.1) is 0 Å². The van der Waals surface area contributed by atoms with Gasteiger partial charge in [-0.3, -0.25) is 4.21 Å². The van der Waals surface area contributed by atoms with Crippen LogP contribution < -0.4 is 0 Å². The van der Waals surface area contributed by atoms with Crippen LogP contribution in [0.4, 0.5) is 0 Å². The van der Waals surface area contributed by atoms with Gasteiger partial charge in [0.15, 0.2) is 0 Å². The molecule has 0 aromatic heterocycles. The first-order chi connectivity index (χ1) is 8.74. The molecule has 1 fully saturated rings. The van der Waals surface area contributed by atoms with Crippen molar-refractivity contribution in [2.75, 3.05) is 31.1 Å². The molecule has 0 N–H and O–H groups in total. The second-order valence-electron chi connectivity index (χ2n) is 4.43. The molecule has 0 radical (unpaired) electrons. The Bertz CT molecular complexity index is 420. The maximum absolute atomic E-state index is 11.2. The lowest BCUT2D eigenvalue weighted by atomic mass is 10.2. The minimum absolute atomic E-state index is 0.564. The summed E-state index contributed by atoms with van der Waals surface area (Å²) in [6.07, 6.45) is 5.44. The van der Waals surface area contributed by atoms with Crippen molar-refractivity contribution >= 4 is 32.8 Å². The summed E-state index contributed by atoms with van der Waals surface area (Å²) in [5.41, 5.74) is 1.23. The average molecular weight is 328 g/mol. The number of hydrogen-bond donors (Lipinski definition) is 0. The van der Waals surface area contributed by atoms with Gasteiger partial charge in [0.05, 0.1) is 0 Å². The highest BCUT2D eigenvalue weighted by atomic mass is 79.9. The van der Waals surface area contributed by atoms with Gasteiger partial charge < -0.3 is 4.90 Å². The molecular weight excluding hydrogens is 310 g/mol. The van der Waals surface area contributed by atoms with E-state index >= 15 is 0 Å². The maximum atomic E-state index is 11.2. The van der Waals surface area contributed by atoms with E-state index in [0.29, 0.717) is 0 Å². The van der Waals surface area contributed by atoms with Crippen molar-refractivity contribution in [2.24, 2.45) is 0 Å². The quantitative estimate of drug-likeness (QED) is 0.847. The van der Waals surface area contributed by atoms with E-state index in [1.165, 1.54) is 5.56 Å². The second-order valence-corrected chi connectivity index (χ2v) is 7.04. The summed E-state index contributed by atoms with van der Waals surface area (Å²) >= 11 is 3.43. The Hall–Kier alpha value is -0.450. The zero-order chi connectivity index (χ0) is 12.8. The normalized spacial score (nSPS) is 18.5. The molecule has 0 amide bonds. The van der Waals surface area contributed by atoms with Crippen molar-refractivity contribution in [3.8, 4) is 0 Å². The Morgan fingerprint density at radius 2 is 1.89 bits per heavy atom. The summed E-state index contributed by atoms with van der Waals surface area (Å²) in [4.78, 5) is 2.40. The van der Waals surface area contributed by atoms with E-state index in [9.17, 15) is 4.21 Å². The fourth-order valence-corrected chi connectivity index (χ4v) is 3.34. The Morgan fingerprint density at radius 1 is 1.22 bits per heavy atom. The molecule has 0 atom stereocenters. The zero-order valence-corrected chi connectivity index (χ0v) is 12.8. The van der Waals surface area contributed by atoms with Crippen LogP contribution >= 0.6 is 15.9 Å². The number of nitrogens with zero attached hydrogens (tertiary/aromatic N) is 1. The summed E-state index contributed by atoms with van der Waals surface area (Å²) in [5, 5.41) is 0. The highest BCUT2D eigenvalue weighted by Crippen LogP contribution is 2.11. The minimum atomic E-state index is -0.564. The third kappa shape index (κ3) is 4.67. The maximum Gasteiger partial charge on any atom is 0.0363 e. The predicted octanol–water partition coefficient (Wildman–Crippen LogP) is 2.92. The molecule has 4 heteroatoms. The van der Waals surface area contributed by atoms with Crippen molar-refractivity contribution in [1.29, 1.82) is 0 Å². The van der Waals surface area contributed by atoms with E-state index < -0.39 is 10.8 Å². The molecular formula is C14H18BrNOS. The lowest BCUT2D eigenvalue weighted by Gasteiger charge is -2.25. The summed E-state index contributed by atoms with van der Waals surface area (Å²) in [7, 11) is -0.564. The first kappa shape index (κ1) is 14.0. The van der Waals surface area contributed by atoms with E-state index in [-0.39, 0.29) is 0 Å². The molecule has 0 saturated carbocycles. The van der Waals surface area contributed by atoms with Crippen molar-refractivity contribution < 1.29 is 4.21 Å². The van der Waals surface area contributed by atoms with Crippen LogP contribution in [0.5, 0.6) is 0 Å². The van der Waals surface area contributed by atoms with E-state index in [4.69, 9.17) is 0 Å².